The Morgan fingerprint density at radius 2 is 2.17 bits per heavy atom. The van der Waals surface area contributed by atoms with Crippen LogP contribution in [0.5, 0.6) is 0 Å². The summed E-state index contributed by atoms with van der Waals surface area (Å²) in [4.78, 5) is 31.0. The number of hydrogen-bond donors (Lipinski definition) is 3. The lowest BCUT2D eigenvalue weighted by Gasteiger charge is -2.11. The highest BCUT2D eigenvalue weighted by molar-refractivity contribution is 5.77. The number of H-pyrrole nitrogens is 1. The van der Waals surface area contributed by atoms with Gasteiger partial charge in [-0.05, 0) is 37.3 Å². The zero-order chi connectivity index (χ0) is 16.2. The van der Waals surface area contributed by atoms with E-state index in [1.54, 1.807) is 6.07 Å². The number of benzene rings is 1. The SMILES string of the molecule is NC(CNC(=O)CCCc1nc2ccccc2c(=O)[nH]1)C1CC1. The summed E-state index contributed by atoms with van der Waals surface area (Å²) in [5.74, 6) is 1.21. The molecule has 1 aromatic carbocycles. The number of rotatable bonds is 7. The summed E-state index contributed by atoms with van der Waals surface area (Å²) >= 11 is 0. The number of carbonyl (C=O) groups excluding carboxylic acids is 1. The summed E-state index contributed by atoms with van der Waals surface area (Å²) in [6, 6.07) is 7.32. The summed E-state index contributed by atoms with van der Waals surface area (Å²) in [5.41, 5.74) is 6.50. The number of aromatic amines is 1. The molecule has 0 saturated heterocycles. The Kier molecular flexibility index (Phi) is 4.71. The molecule has 0 radical (unpaired) electrons. The van der Waals surface area contributed by atoms with Crippen LogP contribution in [-0.2, 0) is 11.2 Å². The highest BCUT2D eigenvalue weighted by Gasteiger charge is 2.28. The van der Waals surface area contributed by atoms with Crippen molar-refractivity contribution in [2.24, 2.45) is 11.7 Å². The number of fused-ring (bicyclic) bond motifs is 1. The van der Waals surface area contributed by atoms with E-state index in [4.69, 9.17) is 5.73 Å². The van der Waals surface area contributed by atoms with Gasteiger partial charge >= 0.3 is 0 Å². The van der Waals surface area contributed by atoms with E-state index >= 15 is 0 Å². The van der Waals surface area contributed by atoms with E-state index in [-0.39, 0.29) is 17.5 Å². The Bertz CT molecular complexity index is 752. The number of hydrogen-bond acceptors (Lipinski definition) is 4. The Morgan fingerprint density at radius 1 is 1.39 bits per heavy atom. The third kappa shape index (κ3) is 4.16. The maximum absolute atomic E-state index is 12.0. The van der Waals surface area contributed by atoms with E-state index in [0.717, 1.165) is 0 Å². The number of para-hydroxylation sites is 1. The van der Waals surface area contributed by atoms with Crippen molar-refractivity contribution in [1.82, 2.24) is 15.3 Å². The lowest BCUT2D eigenvalue weighted by Crippen LogP contribution is -2.38. The first-order chi connectivity index (χ1) is 11.1. The van der Waals surface area contributed by atoms with E-state index < -0.39 is 0 Å². The number of aryl methyl sites for hydroxylation is 1. The largest absolute Gasteiger partial charge is 0.355 e. The van der Waals surface area contributed by atoms with Gasteiger partial charge in [-0.2, -0.15) is 0 Å². The molecular weight excluding hydrogens is 292 g/mol. The molecule has 4 N–H and O–H groups in total. The van der Waals surface area contributed by atoms with E-state index in [2.05, 4.69) is 15.3 Å². The first-order valence-corrected chi connectivity index (χ1v) is 8.13. The number of nitrogens with zero attached hydrogens (tertiary/aromatic N) is 1. The molecule has 0 aliphatic heterocycles. The van der Waals surface area contributed by atoms with Crippen LogP contribution in [0.1, 0.15) is 31.5 Å². The van der Waals surface area contributed by atoms with Gasteiger partial charge in [-0.15, -0.1) is 0 Å². The summed E-state index contributed by atoms with van der Waals surface area (Å²) in [5, 5.41) is 3.46. The van der Waals surface area contributed by atoms with Gasteiger partial charge in [0.05, 0.1) is 10.9 Å². The molecule has 122 valence electrons. The van der Waals surface area contributed by atoms with Gasteiger partial charge < -0.3 is 16.0 Å². The summed E-state index contributed by atoms with van der Waals surface area (Å²) < 4.78 is 0. The lowest BCUT2D eigenvalue weighted by molar-refractivity contribution is -0.121. The Balaban J connectivity index is 1.48. The molecular formula is C17H22N4O2. The summed E-state index contributed by atoms with van der Waals surface area (Å²) in [6.07, 6.45) is 3.98. The molecule has 1 aliphatic carbocycles. The van der Waals surface area contributed by atoms with E-state index in [1.807, 2.05) is 18.2 Å². The predicted molar refractivity (Wildman–Crippen MR) is 89.0 cm³/mol. The maximum atomic E-state index is 12.0. The second-order valence-electron chi connectivity index (χ2n) is 6.19. The second kappa shape index (κ2) is 6.91. The Labute approximate surface area is 134 Å². The fourth-order valence-electron chi connectivity index (χ4n) is 2.68. The van der Waals surface area contributed by atoms with Crippen molar-refractivity contribution in [2.75, 3.05) is 6.54 Å². The monoisotopic (exact) mass is 314 g/mol. The molecule has 0 bridgehead atoms. The molecule has 3 rings (SSSR count). The molecule has 1 amide bonds. The first-order valence-electron chi connectivity index (χ1n) is 8.13. The van der Waals surface area contributed by atoms with Crippen molar-refractivity contribution in [1.29, 1.82) is 0 Å². The molecule has 1 fully saturated rings. The van der Waals surface area contributed by atoms with Gasteiger partial charge in [-0.25, -0.2) is 4.98 Å². The zero-order valence-electron chi connectivity index (χ0n) is 13.0. The van der Waals surface area contributed by atoms with Crippen LogP contribution < -0.4 is 16.6 Å². The Morgan fingerprint density at radius 3 is 2.96 bits per heavy atom. The zero-order valence-corrected chi connectivity index (χ0v) is 13.0. The first kappa shape index (κ1) is 15.7. The molecule has 1 aliphatic rings. The molecule has 6 heteroatoms. The van der Waals surface area contributed by atoms with Gasteiger partial charge in [0.25, 0.3) is 5.56 Å². The number of carbonyl (C=O) groups is 1. The van der Waals surface area contributed by atoms with Crippen molar-refractivity contribution in [3.05, 3.63) is 40.4 Å². The normalized spacial score (nSPS) is 15.5. The molecule has 0 spiro atoms. The average Bonchev–Trinajstić information content (AvgIpc) is 3.38. The second-order valence-corrected chi connectivity index (χ2v) is 6.19. The smallest absolute Gasteiger partial charge is 0.258 e. The van der Waals surface area contributed by atoms with Gasteiger partial charge in [0.2, 0.25) is 5.91 Å². The molecule has 2 aromatic rings. The molecule has 1 heterocycles. The fourth-order valence-corrected chi connectivity index (χ4v) is 2.68. The van der Waals surface area contributed by atoms with Crippen molar-refractivity contribution >= 4 is 16.8 Å². The van der Waals surface area contributed by atoms with Crippen molar-refractivity contribution < 1.29 is 4.79 Å². The minimum Gasteiger partial charge on any atom is -0.355 e. The maximum Gasteiger partial charge on any atom is 0.258 e. The van der Waals surface area contributed by atoms with Crippen LogP contribution in [0.2, 0.25) is 0 Å². The van der Waals surface area contributed by atoms with Gasteiger partial charge in [-0.3, -0.25) is 9.59 Å². The molecule has 1 saturated carbocycles. The van der Waals surface area contributed by atoms with Crippen LogP contribution in [0.15, 0.2) is 29.1 Å². The topological polar surface area (TPSA) is 101 Å². The van der Waals surface area contributed by atoms with Crippen LogP contribution in [0.3, 0.4) is 0 Å². The van der Waals surface area contributed by atoms with Crippen LogP contribution in [-0.4, -0.2) is 28.5 Å². The van der Waals surface area contributed by atoms with Crippen molar-refractivity contribution in [3.8, 4) is 0 Å². The highest BCUT2D eigenvalue weighted by Crippen LogP contribution is 2.31. The third-order valence-corrected chi connectivity index (χ3v) is 4.24. The van der Waals surface area contributed by atoms with E-state index in [1.165, 1.54) is 12.8 Å². The van der Waals surface area contributed by atoms with E-state index in [9.17, 15) is 9.59 Å². The van der Waals surface area contributed by atoms with Crippen molar-refractivity contribution in [3.63, 3.8) is 0 Å². The van der Waals surface area contributed by atoms with Gasteiger partial charge in [-0.1, -0.05) is 12.1 Å². The quantitative estimate of drug-likeness (QED) is 0.712. The molecule has 23 heavy (non-hydrogen) atoms. The number of nitrogens with one attached hydrogen (secondary N) is 2. The average molecular weight is 314 g/mol. The molecule has 1 aromatic heterocycles. The van der Waals surface area contributed by atoms with Crippen LogP contribution in [0.25, 0.3) is 10.9 Å². The number of aromatic nitrogens is 2. The molecule has 1 unspecified atom stereocenters. The minimum atomic E-state index is -0.134. The van der Waals surface area contributed by atoms with Crippen molar-refractivity contribution in [2.45, 2.75) is 38.1 Å². The Hall–Kier alpha value is -2.21. The summed E-state index contributed by atoms with van der Waals surface area (Å²) in [7, 11) is 0. The highest BCUT2D eigenvalue weighted by atomic mass is 16.1. The molecule has 6 nitrogen and oxygen atoms in total. The number of nitrogens with two attached hydrogens (primary N) is 1. The number of amides is 1. The van der Waals surface area contributed by atoms with E-state index in [0.29, 0.717) is 48.5 Å². The standard InChI is InChI=1S/C17H22N4O2/c18-13(11-8-9-11)10-19-16(22)7-3-6-15-20-14-5-2-1-4-12(14)17(23)21-15/h1-2,4-5,11,13H,3,6-10,18H2,(H,19,22)(H,20,21,23). The third-order valence-electron chi connectivity index (χ3n) is 4.24. The lowest BCUT2D eigenvalue weighted by atomic mass is 10.2. The molecule has 1 atom stereocenters. The fraction of sp³-hybridized carbons (Fsp3) is 0.471. The van der Waals surface area contributed by atoms with Crippen LogP contribution in [0.4, 0.5) is 0 Å². The predicted octanol–water partition coefficient (Wildman–Crippen LogP) is 1.10. The van der Waals surface area contributed by atoms with Gasteiger partial charge in [0.15, 0.2) is 0 Å². The summed E-state index contributed by atoms with van der Waals surface area (Å²) in [6.45, 7) is 0.550. The minimum absolute atomic E-state index is 0.00392. The van der Waals surface area contributed by atoms with Crippen LogP contribution in [0, 0.1) is 5.92 Å². The van der Waals surface area contributed by atoms with Gasteiger partial charge in [0.1, 0.15) is 5.82 Å². The van der Waals surface area contributed by atoms with Crippen LogP contribution >= 0.6 is 0 Å². The van der Waals surface area contributed by atoms with Gasteiger partial charge in [0, 0.05) is 25.4 Å².